The lowest BCUT2D eigenvalue weighted by molar-refractivity contribution is 0.355. The Balaban J connectivity index is 1.24. The molecule has 0 unspecified atom stereocenters. The van der Waals surface area contributed by atoms with E-state index in [1.165, 1.54) is 17.4 Å². The highest BCUT2D eigenvalue weighted by atomic mass is 32.2. The van der Waals surface area contributed by atoms with Crippen LogP contribution in [0.5, 0.6) is 17.2 Å². The fraction of sp³-hybridized carbons (Fsp3) is 0.308. The first-order valence-electron chi connectivity index (χ1n) is 11.8. The molecule has 37 heavy (non-hydrogen) atoms. The molecule has 1 fully saturated rings. The topological polar surface area (TPSA) is 98.9 Å². The molecule has 0 N–H and O–H groups in total. The lowest BCUT2D eigenvalue weighted by Crippen LogP contribution is -2.47. The Morgan fingerprint density at radius 1 is 0.865 bits per heavy atom. The quantitative estimate of drug-likeness (QED) is 0.297. The lowest BCUT2D eigenvalue weighted by Gasteiger charge is -2.37. The van der Waals surface area contributed by atoms with Crippen molar-refractivity contribution < 1.29 is 18.7 Å². The van der Waals surface area contributed by atoms with Gasteiger partial charge in [0.1, 0.15) is 10.8 Å². The number of hydrogen-bond donors (Lipinski definition) is 0. The molecule has 0 saturated carbocycles. The Kier molecular flexibility index (Phi) is 7.59. The Morgan fingerprint density at radius 2 is 1.62 bits per heavy atom. The van der Waals surface area contributed by atoms with Crippen molar-refractivity contribution in [2.45, 2.75) is 10.8 Å². The van der Waals surface area contributed by atoms with Gasteiger partial charge in [0.2, 0.25) is 11.7 Å². The summed E-state index contributed by atoms with van der Waals surface area (Å²) in [5, 5.41) is 4.98. The number of piperazine rings is 1. The number of rotatable bonds is 9. The number of nitrogens with zero attached hydrogens (tertiary/aromatic N) is 6. The van der Waals surface area contributed by atoms with Gasteiger partial charge in [-0.3, -0.25) is 0 Å². The van der Waals surface area contributed by atoms with Gasteiger partial charge in [0.05, 0.1) is 32.6 Å². The monoisotopic (exact) mass is 520 g/mol. The first-order chi connectivity index (χ1) is 18.2. The molecule has 2 aromatic heterocycles. The van der Waals surface area contributed by atoms with Crippen LogP contribution in [-0.4, -0.2) is 67.6 Å². The third kappa shape index (κ3) is 5.41. The summed E-state index contributed by atoms with van der Waals surface area (Å²) in [7, 11) is 4.86. The molecule has 0 aliphatic carbocycles. The summed E-state index contributed by atoms with van der Waals surface area (Å²) in [5.41, 5.74) is 1.89. The molecule has 0 atom stereocenters. The number of hydrogen-bond acceptors (Lipinski definition) is 11. The fourth-order valence-electron chi connectivity index (χ4n) is 4.22. The van der Waals surface area contributed by atoms with Crippen LogP contribution in [-0.2, 0) is 5.75 Å². The minimum absolute atomic E-state index is 0.445. The normalized spacial score (nSPS) is 13.5. The maximum absolute atomic E-state index is 5.52. The third-order valence-corrected chi connectivity index (χ3v) is 7.06. The highest BCUT2D eigenvalue weighted by molar-refractivity contribution is 7.98. The lowest BCUT2D eigenvalue weighted by atomic mass is 10.2. The highest BCUT2D eigenvalue weighted by Crippen LogP contribution is 2.37. The molecular formula is C26H28N6O4S. The van der Waals surface area contributed by atoms with Crippen molar-refractivity contribution >= 4 is 23.3 Å². The standard InChI is InChI=1S/C26H28N6O4S/c1-33-19-9-7-18(8-10-19)31-13-15-32(16-14-31)25-26(28-12-11-27-25)37-17-22-29-24(30-36-22)20-5-4-6-21(34-2)23(20)35-3/h4-12H,13-17H2,1-3H3. The molecule has 0 radical (unpaired) electrons. The Bertz CT molecular complexity index is 1320. The van der Waals surface area contributed by atoms with Crippen molar-refractivity contribution in [1.29, 1.82) is 0 Å². The van der Waals surface area contributed by atoms with Crippen LogP contribution in [0.4, 0.5) is 11.5 Å². The van der Waals surface area contributed by atoms with E-state index in [4.69, 9.17) is 18.7 Å². The molecule has 1 saturated heterocycles. The molecule has 192 valence electrons. The highest BCUT2D eigenvalue weighted by Gasteiger charge is 2.22. The van der Waals surface area contributed by atoms with Gasteiger partial charge in [-0.2, -0.15) is 4.98 Å². The van der Waals surface area contributed by atoms with Gasteiger partial charge >= 0.3 is 0 Å². The van der Waals surface area contributed by atoms with Gasteiger partial charge in [-0.25, -0.2) is 9.97 Å². The van der Waals surface area contributed by atoms with E-state index in [2.05, 4.69) is 42.0 Å². The zero-order valence-electron chi connectivity index (χ0n) is 21.0. The number of thioether (sulfide) groups is 1. The van der Waals surface area contributed by atoms with Gasteiger partial charge in [-0.1, -0.05) is 23.0 Å². The molecular weight excluding hydrogens is 492 g/mol. The van der Waals surface area contributed by atoms with Crippen molar-refractivity contribution in [3.63, 3.8) is 0 Å². The molecule has 5 rings (SSSR count). The molecule has 0 spiro atoms. The number of benzene rings is 2. The third-order valence-electron chi connectivity index (χ3n) is 6.11. The maximum atomic E-state index is 5.52. The molecule has 10 nitrogen and oxygen atoms in total. The van der Waals surface area contributed by atoms with Crippen LogP contribution < -0.4 is 24.0 Å². The number of para-hydroxylation sites is 1. The van der Waals surface area contributed by atoms with Crippen molar-refractivity contribution in [1.82, 2.24) is 20.1 Å². The average Bonchev–Trinajstić information content (AvgIpc) is 3.45. The minimum atomic E-state index is 0.445. The number of ether oxygens (including phenoxy) is 3. The second-order valence-corrected chi connectivity index (χ2v) is 9.16. The van der Waals surface area contributed by atoms with E-state index < -0.39 is 0 Å². The van der Waals surface area contributed by atoms with E-state index in [0.717, 1.165) is 42.8 Å². The molecule has 3 heterocycles. The Labute approximate surface area is 219 Å². The second-order valence-electron chi connectivity index (χ2n) is 8.20. The smallest absolute Gasteiger partial charge is 0.237 e. The van der Waals surface area contributed by atoms with Crippen LogP contribution in [0.2, 0.25) is 0 Å². The van der Waals surface area contributed by atoms with Gasteiger partial charge in [0.25, 0.3) is 0 Å². The second kappa shape index (κ2) is 11.4. The van der Waals surface area contributed by atoms with Gasteiger partial charge in [0, 0.05) is 44.3 Å². The van der Waals surface area contributed by atoms with Crippen LogP contribution >= 0.6 is 11.8 Å². The number of methoxy groups -OCH3 is 3. The first kappa shape index (κ1) is 24.7. The van der Waals surface area contributed by atoms with Crippen LogP contribution in [0.1, 0.15) is 5.89 Å². The van der Waals surface area contributed by atoms with Gasteiger partial charge in [-0.05, 0) is 36.4 Å². The molecule has 4 aromatic rings. The molecule has 1 aliphatic heterocycles. The van der Waals surface area contributed by atoms with E-state index in [1.807, 2.05) is 30.3 Å². The molecule has 2 aromatic carbocycles. The Hall–Kier alpha value is -3.99. The number of aromatic nitrogens is 4. The van der Waals surface area contributed by atoms with E-state index in [0.29, 0.717) is 34.5 Å². The molecule has 0 bridgehead atoms. The molecule has 1 aliphatic rings. The zero-order valence-corrected chi connectivity index (χ0v) is 21.8. The Morgan fingerprint density at radius 3 is 2.35 bits per heavy atom. The van der Waals surface area contributed by atoms with Gasteiger partial charge < -0.3 is 28.5 Å². The van der Waals surface area contributed by atoms with Crippen LogP contribution in [0.15, 0.2) is 64.4 Å². The summed E-state index contributed by atoms with van der Waals surface area (Å²) < 4.78 is 21.7. The summed E-state index contributed by atoms with van der Waals surface area (Å²) >= 11 is 1.53. The molecule has 11 heteroatoms. The average molecular weight is 521 g/mol. The largest absolute Gasteiger partial charge is 0.497 e. The number of anilines is 2. The van der Waals surface area contributed by atoms with E-state index in [1.54, 1.807) is 33.7 Å². The summed E-state index contributed by atoms with van der Waals surface area (Å²) in [5.74, 6) is 4.31. The van der Waals surface area contributed by atoms with Crippen LogP contribution in [0.3, 0.4) is 0 Å². The molecule has 0 amide bonds. The predicted molar refractivity (Wildman–Crippen MR) is 142 cm³/mol. The summed E-state index contributed by atoms with van der Waals surface area (Å²) in [6.45, 7) is 3.47. The van der Waals surface area contributed by atoms with E-state index in [-0.39, 0.29) is 0 Å². The summed E-state index contributed by atoms with van der Waals surface area (Å²) in [6.07, 6.45) is 3.44. The maximum Gasteiger partial charge on any atom is 0.237 e. The first-order valence-corrected chi connectivity index (χ1v) is 12.8. The summed E-state index contributed by atoms with van der Waals surface area (Å²) in [4.78, 5) is 18.4. The van der Waals surface area contributed by atoms with Crippen molar-refractivity contribution in [3.8, 4) is 28.6 Å². The van der Waals surface area contributed by atoms with Crippen LogP contribution in [0, 0.1) is 0 Å². The van der Waals surface area contributed by atoms with Crippen molar-refractivity contribution in [2.24, 2.45) is 0 Å². The minimum Gasteiger partial charge on any atom is -0.497 e. The predicted octanol–water partition coefficient (Wildman–Crippen LogP) is 4.17. The van der Waals surface area contributed by atoms with Crippen molar-refractivity contribution in [2.75, 3.05) is 57.3 Å². The SMILES string of the molecule is COc1ccc(N2CCN(c3nccnc3SCc3nc(-c4cccc(OC)c4OC)no3)CC2)cc1. The fourth-order valence-corrected chi connectivity index (χ4v) is 5.05. The van der Waals surface area contributed by atoms with E-state index in [9.17, 15) is 0 Å². The van der Waals surface area contributed by atoms with Crippen molar-refractivity contribution in [3.05, 3.63) is 60.7 Å². The van der Waals surface area contributed by atoms with Crippen LogP contribution in [0.25, 0.3) is 11.4 Å². The summed E-state index contributed by atoms with van der Waals surface area (Å²) in [6, 6.07) is 13.7. The van der Waals surface area contributed by atoms with E-state index >= 15 is 0 Å². The van der Waals surface area contributed by atoms with Gasteiger partial charge in [-0.15, -0.1) is 0 Å². The van der Waals surface area contributed by atoms with Gasteiger partial charge in [0.15, 0.2) is 17.3 Å². The zero-order chi connectivity index (χ0) is 25.6.